The monoisotopic (exact) mass is 310 g/mol. The summed E-state index contributed by atoms with van der Waals surface area (Å²) in [5.41, 5.74) is 1.44. The molecule has 1 N–H and O–H groups in total. The van der Waals surface area contributed by atoms with E-state index in [0.29, 0.717) is 5.92 Å². The number of nitrogens with one attached hydrogen (secondary N) is 1. The van der Waals surface area contributed by atoms with Crippen LogP contribution in [0.25, 0.3) is 0 Å². The fourth-order valence-corrected chi connectivity index (χ4v) is 5.10. The Hall–Kier alpha value is -0.0600. The van der Waals surface area contributed by atoms with Crippen LogP contribution in [-0.4, -0.2) is 23.3 Å². The third kappa shape index (κ3) is 3.99. The molecule has 0 aromatic carbocycles. The number of aryl methyl sites for hydroxylation is 1. The van der Waals surface area contributed by atoms with Crippen molar-refractivity contribution in [3.8, 4) is 0 Å². The van der Waals surface area contributed by atoms with Crippen LogP contribution in [0.5, 0.6) is 0 Å². The van der Waals surface area contributed by atoms with Gasteiger partial charge in [-0.3, -0.25) is 0 Å². The predicted molar refractivity (Wildman–Crippen MR) is 89.8 cm³/mol. The Morgan fingerprint density at radius 3 is 2.95 bits per heavy atom. The molecule has 112 valence electrons. The van der Waals surface area contributed by atoms with Crippen molar-refractivity contribution in [3.63, 3.8) is 0 Å². The molecule has 2 nitrogen and oxygen atoms in total. The predicted octanol–water partition coefficient (Wildman–Crippen LogP) is 4.20. The highest BCUT2D eigenvalue weighted by Gasteiger charge is 2.27. The van der Waals surface area contributed by atoms with Crippen molar-refractivity contribution >= 4 is 23.1 Å². The zero-order chi connectivity index (χ0) is 13.9. The summed E-state index contributed by atoms with van der Waals surface area (Å²) in [5, 5.41) is 5.05. The molecule has 1 heterocycles. The van der Waals surface area contributed by atoms with E-state index >= 15 is 0 Å². The van der Waals surface area contributed by atoms with Crippen LogP contribution in [0.15, 0.2) is 0 Å². The maximum absolute atomic E-state index is 4.99. The van der Waals surface area contributed by atoms with E-state index in [-0.39, 0.29) is 0 Å². The highest BCUT2D eigenvalue weighted by atomic mass is 32.2. The first-order valence-electron chi connectivity index (χ1n) is 8.02. The lowest BCUT2D eigenvalue weighted by atomic mass is 9.91. The van der Waals surface area contributed by atoms with E-state index in [0.717, 1.165) is 24.3 Å². The van der Waals surface area contributed by atoms with E-state index in [2.05, 4.69) is 19.2 Å². The van der Waals surface area contributed by atoms with Gasteiger partial charge in [-0.1, -0.05) is 13.8 Å². The first kappa shape index (κ1) is 14.9. The number of aromatic nitrogens is 1. The quantitative estimate of drug-likeness (QED) is 0.817. The van der Waals surface area contributed by atoms with E-state index in [1.807, 2.05) is 23.1 Å². The molecule has 0 saturated heterocycles. The van der Waals surface area contributed by atoms with Gasteiger partial charge < -0.3 is 5.32 Å². The average molecular weight is 311 g/mol. The third-order valence-corrected chi connectivity index (χ3v) is 6.72. The van der Waals surface area contributed by atoms with Gasteiger partial charge in [0.1, 0.15) is 5.01 Å². The van der Waals surface area contributed by atoms with Crippen LogP contribution >= 0.6 is 23.1 Å². The Morgan fingerprint density at radius 2 is 2.20 bits per heavy atom. The summed E-state index contributed by atoms with van der Waals surface area (Å²) >= 11 is 4.02. The first-order valence-corrected chi connectivity index (χ1v) is 9.99. The van der Waals surface area contributed by atoms with Gasteiger partial charge in [-0.25, -0.2) is 4.98 Å². The van der Waals surface area contributed by atoms with Gasteiger partial charge in [-0.05, 0) is 43.8 Å². The van der Waals surface area contributed by atoms with Crippen molar-refractivity contribution < 1.29 is 0 Å². The van der Waals surface area contributed by atoms with Crippen molar-refractivity contribution in [2.75, 3.05) is 12.3 Å². The summed E-state index contributed by atoms with van der Waals surface area (Å²) in [5.74, 6) is 3.82. The molecule has 1 aromatic heterocycles. The second-order valence-electron chi connectivity index (χ2n) is 6.60. The minimum atomic E-state index is 0.680. The Kier molecular flexibility index (Phi) is 5.05. The number of hydrogen-bond donors (Lipinski definition) is 1. The smallest absolute Gasteiger partial charge is 0.103 e. The molecule has 1 unspecified atom stereocenters. The molecule has 1 aromatic rings. The number of hydrogen-bond acceptors (Lipinski definition) is 4. The summed E-state index contributed by atoms with van der Waals surface area (Å²) in [6, 6.07) is 0.820. The number of nitrogens with zero attached hydrogens (tertiary/aromatic N) is 1. The maximum Gasteiger partial charge on any atom is 0.103 e. The van der Waals surface area contributed by atoms with Crippen LogP contribution in [0.3, 0.4) is 0 Å². The lowest BCUT2D eigenvalue weighted by molar-refractivity contribution is 0.500. The van der Waals surface area contributed by atoms with Gasteiger partial charge in [0.15, 0.2) is 0 Å². The molecular formula is C16H26N2S2. The van der Waals surface area contributed by atoms with Gasteiger partial charge in [0.05, 0.1) is 5.69 Å². The molecule has 1 atom stereocenters. The van der Waals surface area contributed by atoms with Crippen molar-refractivity contribution in [3.05, 3.63) is 15.6 Å². The molecule has 0 spiro atoms. The zero-order valence-corrected chi connectivity index (χ0v) is 14.3. The van der Waals surface area contributed by atoms with Crippen LogP contribution in [0.1, 0.15) is 61.0 Å². The minimum absolute atomic E-state index is 0.680. The Labute approximate surface area is 131 Å². The molecule has 20 heavy (non-hydrogen) atoms. The average Bonchev–Trinajstić information content (AvgIpc) is 3.14. The number of thiazole rings is 1. The molecular weight excluding hydrogens is 284 g/mol. The largest absolute Gasteiger partial charge is 0.313 e. The molecule has 0 radical (unpaired) electrons. The molecule has 1 saturated carbocycles. The second kappa shape index (κ2) is 6.80. The van der Waals surface area contributed by atoms with E-state index in [1.54, 1.807) is 4.88 Å². The molecule has 3 rings (SSSR count). The van der Waals surface area contributed by atoms with Gasteiger partial charge in [0.2, 0.25) is 0 Å². The fraction of sp³-hybridized carbons (Fsp3) is 0.812. The maximum atomic E-state index is 4.99. The normalized spacial score (nSPS) is 22.2. The van der Waals surface area contributed by atoms with E-state index in [1.165, 1.54) is 48.6 Å². The van der Waals surface area contributed by atoms with Crippen LogP contribution in [-0.2, 0) is 12.2 Å². The van der Waals surface area contributed by atoms with Gasteiger partial charge >= 0.3 is 0 Å². The highest BCUT2D eigenvalue weighted by Crippen LogP contribution is 2.36. The second-order valence-corrected chi connectivity index (χ2v) is 8.80. The van der Waals surface area contributed by atoms with Crippen LogP contribution < -0.4 is 5.32 Å². The SMILES string of the molecule is CC(C)CSCc1nc2c(s1)CCCC2CNC1CC1. The number of fused-ring (bicyclic) bond motifs is 1. The highest BCUT2D eigenvalue weighted by molar-refractivity contribution is 7.98. The van der Waals surface area contributed by atoms with Crippen molar-refractivity contribution in [1.29, 1.82) is 0 Å². The fourth-order valence-electron chi connectivity index (χ4n) is 2.80. The standard InChI is InChI=1S/C16H26N2S2/c1-11(2)9-19-10-15-18-16-12(8-17-13-6-7-13)4-3-5-14(16)20-15/h11-13,17H,3-10H2,1-2H3. The molecule has 4 heteroatoms. The Balaban J connectivity index is 1.58. The lowest BCUT2D eigenvalue weighted by Gasteiger charge is -2.21. The molecule has 1 fully saturated rings. The third-order valence-electron chi connectivity index (χ3n) is 4.02. The minimum Gasteiger partial charge on any atom is -0.313 e. The lowest BCUT2D eigenvalue weighted by Crippen LogP contribution is -2.25. The molecule has 0 amide bonds. The van der Waals surface area contributed by atoms with Gasteiger partial charge in [0.25, 0.3) is 0 Å². The first-order chi connectivity index (χ1) is 9.72. The summed E-state index contributed by atoms with van der Waals surface area (Å²) in [7, 11) is 0. The van der Waals surface area contributed by atoms with Crippen molar-refractivity contribution in [2.24, 2.45) is 5.92 Å². The van der Waals surface area contributed by atoms with E-state index < -0.39 is 0 Å². The van der Waals surface area contributed by atoms with Crippen LogP contribution in [0, 0.1) is 5.92 Å². The van der Waals surface area contributed by atoms with Gasteiger partial charge in [0, 0.05) is 29.1 Å². The summed E-state index contributed by atoms with van der Waals surface area (Å²) < 4.78 is 0. The number of thioether (sulfide) groups is 1. The zero-order valence-electron chi connectivity index (χ0n) is 12.7. The van der Waals surface area contributed by atoms with Gasteiger partial charge in [-0.2, -0.15) is 11.8 Å². The topological polar surface area (TPSA) is 24.9 Å². The van der Waals surface area contributed by atoms with Crippen molar-refractivity contribution in [2.45, 2.75) is 63.7 Å². The van der Waals surface area contributed by atoms with Crippen LogP contribution in [0.4, 0.5) is 0 Å². The van der Waals surface area contributed by atoms with E-state index in [4.69, 9.17) is 4.98 Å². The summed E-state index contributed by atoms with van der Waals surface area (Å²) in [6.07, 6.45) is 6.71. The Morgan fingerprint density at radius 1 is 1.35 bits per heavy atom. The van der Waals surface area contributed by atoms with E-state index in [9.17, 15) is 0 Å². The molecule has 0 aliphatic heterocycles. The van der Waals surface area contributed by atoms with Gasteiger partial charge in [-0.15, -0.1) is 11.3 Å². The van der Waals surface area contributed by atoms with Crippen LogP contribution in [0.2, 0.25) is 0 Å². The number of rotatable bonds is 7. The summed E-state index contributed by atoms with van der Waals surface area (Å²) in [4.78, 5) is 6.57. The molecule has 2 aliphatic rings. The van der Waals surface area contributed by atoms with Crippen molar-refractivity contribution in [1.82, 2.24) is 10.3 Å². The Bertz CT molecular complexity index is 438. The molecule has 2 aliphatic carbocycles. The molecule has 0 bridgehead atoms. The summed E-state index contributed by atoms with van der Waals surface area (Å²) in [6.45, 7) is 5.74.